The van der Waals surface area contributed by atoms with Gasteiger partial charge in [-0.15, -0.1) is 0 Å². The molecule has 0 aromatic carbocycles. The molecule has 2 aliphatic heterocycles. The third kappa shape index (κ3) is 1.46. The van der Waals surface area contributed by atoms with Gasteiger partial charge in [0.05, 0.1) is 13.2 Å². The van der Waals surface area contributed by atoms with Crippen LogP contribution in [-0.4, -0.2) is 50.2 Å². The van der Waals surface area contributed by atoms with E-state index in [0.717, 1.165) is 0 Å². The van der Waals surface area contributed by atoms with Crippen molar-refractivity contribution in [3.8, 4) is 0 Å². The third-order valence-electron chi connectivity index (χ3n) is 2.10. The summed E-state index contributed by atoms with van der Waals surface area (Å²) in [4.78, 5) is 0. The van der Waals surface area contributed by atoms with Gasteiger partial charge in [0.25, 0.3) is 0 Å². The van der Waals surface area contributed by atoms with Crippen LogP contribution in [0, 0.1) is 0 Å². The van der Waals surface area contributed by atoms with Crippen LogP contribution >= 0.6 is 0 Å². The molecular weight excluding hydrogens is 164 g/mol. The quantitative estimate of drug-likeness (QED) is 0.560. The lowest BCUT2D eigenvalue weighted by molar-refractivity contribution is -0.304. The fraction of sp³-hybridized carbons (Fsp3) is 1.00. The topological polar surface area (TPSA) is 57.2 Å². The third-order valence-corrected chi connectivity index (χ3v) is 2.10. The zero-order valence-electron chi connectivity index (χ0n) is 6.64. The summed E-state index contributed by atoms with van der Waals surface area (Å²) in [6.07, 6.45) is -0.546. The van der Waals surface area contributed by atoms with Gasteiger partial charge in [0, 0.05) is 0 Å². The van der Waals surface area contributed by atoms with Crippen molar-refractivity contribution in [1.82, 2.24) is 0 Å². The molecule has 0 spiro atoms. The monoisotopic (exact) mass is 176 g/mol. The maximum absolute atomic E-state index is 8.93. The Morgan fingerprint density at radius 2 is 2.08 bits per heavy atom. The van der Waals surface area contributed by atoms with Gasteiger partial charge in [-0.2, -0.15) is 0 Å². The van der Waals surface area contributed by atoms with Crippen LogP contribution in [-0.2, 0) is 18.9 Å². The minimum absolute atomic E-state index is 0.0372. The molecule has 0 unspecified atom stereocenters. The van der Waals surface area contributed by atoms with E-state index < -0.39 is 0 Å². The van der Waals surface area contributed by atoms with Crippen molar-refractivity contribution in [1.29, 1.82) is 0 Å². The fourth-order valence-corrected chi connectivity index (χ4v) is 1.45. The molecule has 0 aliphatic carbocycles. The summed E-state index contributed by atoms with van der Waals surface area (Å²) in [5.74, 6) is 0. The zero-order valence-corrected chi connectivity index (χ0v) is 6.64. The summed E-state index contributed by atoms with van der Waals surface area (Å²) in [5.41, 5.74) is 0. The predicted molar refractivity (Wildman–Crippen MR) is 37.4 cm³/mol. The first kappa shape index (κ1) is 8.40. The van der Waals surface area contributed by atoms with E-state index >= 15 is 0 Å². The fourth-order valence-electron chi connectivity index (χ4n) is 1.45. The first-order chi connectivity index (χ1) is 5.92. The largest absolute Gasteiger partial charge is 0.394 e. The summed E-state index contributed by atoms with van der Waals surface area (Å²) in [6, 6.07) is 0. The second-order valence-electron chi connectivity index (χ2n) is 2.83. The molecule has 5 heteroatoms. The Kier molecular flexibility index (Phi) is 2.57. The summed E-state index contributed by atoms with van der Waals surface area (Å²) < 4.78 is 20.7. The van der Waals surface area contributed by atoms with Crippen molar-refractivity contribution in [3.05, 3.63) is 0 Å². The number of ether oxygens (including phenoxy) is 4. The Balaban J connectivity index is 1.99. The second-order valence-corrected chi connectivity index (χ2v) is 2.83. The van der Waals surface area contributed by atoms with Crippen molar-refractivity contribution in [3.63, 3.8) is 0 Å². The maximum Gasteiger partial charge on any atom is 0.147 e. The number of fused-ring (bicyclic) bond motifs is 1. The van der Waals surface area contributed by atoms with Crippen LogP contribution in [0.2, 0.25) is 0 Å². The molecule has 0 radical (unpaired) electrons. The van der Waals surface area contributed by atoms with Crippen LogP contribution in [0.1, 0.15) is 0 Å². The van der Waals surface area contributed by atoms with E-state index in [1.807, 2.05) is 0 Å². The molecule has 0 saturated carbocycles. The van der Waals surface area contributed by atoms with Crippen molar-refractivity contribution < 1.29 is 24.1 Å². The molecule has 0 aromatic heterocycles. The van der Waals surface area contributed by atoms with Gasteiger partial charge in [0.2, 0.25) is 0 Å². The van der Waals surface area contributed by atoms with E-state index in [2.05, 4.69) is 0 Å². The average molecular weight is 176 g/mol. The smallest absolute Gasteiger partial charge is 0.147 e. The van der Waals surface area contributed by atoms with E-state index in [9.17, 15) is 0 Å². The van der Waals surface area contributed by atoms with E-state index in [1.165, 1.54) is 0 Å². The molecular formula is C7H12O5. The highest BCUT2D eigenvalue weighted by atomic mass is 16.7. The molecule has 3 atom stereocenters. The number of rotatable bonds is 1. The average Bonchev–Trinajstić information content (AvgIpc) is 2.17. The summed E-state index contributed by atoms with van der Waals surface area (Å²) in [6.45, 7) is 0.943. The molecule has 2 aliphatic rings. The number of aliphatic hydroxyl groups is 1. The van der Waals surface area contributed by atoms with Crippen LogP contribution in [0.25, 0.3) is 0 Å². The van der Waals surface area contributed by atoms with E-state index in [1.54, 1.807) is 0 Å². The Morgan fingerprint density at radius 1 is 1.17 bits per heavy atom. The van der Waals surface area contributed by atoms with Gasteiger partial charge in [0.15, 0.2) is 0 Å². The Labute approximate surface area is 70.2 Å². The van der Waals surface area contributed by atoms with Gasteiger partial charge in [-0.1, -0.05) is 0 Å². The maximum atomic E-state index is 8.93. The number of hydrogen-bond donors (Lipinski definition) is 1. The van der Waals surface area contributed by atoms with Crippen molar-refractivity contribution in [2.45, 2.75) is 18.3 Å². The first-order valence-electron chi connectivity index (χ1n) is 3.95. The molecule has 2 rings (SSSR count). The van der Waals surface area contributed by atoms with Gasteiger partial charge < -0.3 is 24.1 Å². The highest BCUT2D eigenvalue weighted by Gasteiger charge is 2.38. The van der Waals surface area contributed by atoms with Gasteiger partial charge >= 0.3 is 0 Å². The summed E-state index contributed by atoms with van der Waals surface area (Å²) >= 11 is 0. The van der Waals surface area contributed by atoms with Gasteiger partial charge in [0.1, 0.15) is 31.9 Å². The lowest BCUT2D eigenvalue weighted by atomic mass is 10.1. The zero-order chi connectivity index (χ0) is 8.39. The van der Waals surface area contributed by atoms with E-state index in [4.69, 9.17) is 24.1 Å². The Morgan fingerprint density at radius 3 is 2.92 bits per heavy atom. The highest BCUT2D eigenvalue weighted by molar-refractivity contribution is 4.82. The Bertz CT molecular complexity index is 142. The minimum Gasteiger partial charge on any atom is -0.394 e. The normalized spacial score (nSPS) is 42.2. The standard InChI is InChI=1S/C7H12O5/c8-1-5-7-6(11-4-10-5)2-9-3-12-7/h5-8H,1-4H2/t5-,6-,7+/m0/s1. The molecule has 2 heterocycles. The molecule has 0 bridgehead atoms. The number of aliphatic hydroxyl groups excluding tert-OH is 1. The van der Waals surface area contributed by atoms with Crippen LogP contribution < -0.4 is 0 Å². The molecule has 2 fully saturated rings. The molecule has 5 nitrogen and oxygen atoms in total. The lowest BCUT2D eigenvalue weighted by Crippen LogP contribution is -2.54. The van der Waals surface area contributed by atoms with Gasteiger partial charge in [-0.3, -0.25) is 0 Å². The minimum atomic E-state index is -0.271. The molecule has 0 aromatic rings. The van der Waals surface area contributed by atoms with Gasteiger partial charge in [-0.25, -0.2) is 0 Å². The summed E-state index contributed by atoms with van der Waals surface area (Å²) in [5, 5.41) is 8.93. The highest BCUT2D eigenvalue weighted by Crippen LogP contribution is 2.20. The Hall–Kier alpha value is -0.200. The molecule has 1 N–H and O–H groups in total. The number of hydrogen-bond acceptors (Lipinski definition) is 5. The SMILES string of the molecule is OC[C@@H]1OCO[C@H]2COCO[C@H]12. The van der Waals surface area contributed by atoms with Crippen LogP contribution in [0.4, 0.5) is 0 Å². The van der Waals surface area contributed by atoms with Crippen LogP contribution in [0.15, 0.2) is 0 Å². The lowest BCUT2D eigenvalue weighted by Gasteiger charge is -2.39. The second kappa shape index (κ2) is 3.68. The van der Waals surface area contributed by atoms with Crippen molar-refractivity contribution in [2.24, 2.45) is 0 Å². The van der Waals surface area contributed by atoms with E-state index in [0.29, 0.717) is 6.61 Å². The van der Waals surface area contributed by atoms with Crippen LogP contribution in [0.3, 0.4) is 0 Å². The van der Waals surface area contributed by atoms with Crippen LogP contribution in [0.5, 0.6) is 0 Å². The molecule has 2 saturated heterocycles. The summed E-state index contributed by atoms with van der Waals surface area (Å²) in [7, 11) is 0. The van der Waals surface area contributed by atoms with E-state index in [-0.39, 0.29) is 38.5 Å². The van der Waals surface area contributed by atoms with Crippen molar-refractivity contribution >= 4 is 0 Å². The molecule has 12 heavy (non-hydrogen) atoms. The van der Waals surface area contributed by atoms with Crippen molar-refractivity contribution in [2.75, 3.05) is 26.8 Å². The first-order valence-corrected chi connectivity index (χ1v) is 3.95. The predicted octanol–water partition coefficient (Wildman–Crippen LogP) is -0.907. The molecule has 70 valence electrons. The van der Waals surface area contributed by atoms with Gasteiger partial charge in [-0.05, 0) is 0 Å². The molecule has 0 amide bonds.